The molecule has 0 fully saturated rings. The summed E-state index contributed by atoms with van der Waals surface area (Å²) < 4.78 is 21.0. The van der Waals surface area contributed by atoms with Gasteiger partial charge in [0.15, 0.2) is 5.70 Å². The molecule has 0 atom stereocenters. The molecule has 0 saturated heterocycles. The van der Waals surface area contributed by atoms with E-state index in [1.807, 2.05) is 24.3 Å². The Hall–Kier alpha value is -3.28. The van der Waals surface area contributed by atoms with E-state index in [2.05, 4.69) is 4.99 Å². The molecule has 128 valence electrons. The van der Waals surface area contributed by atoms with Crippen molar-refractivity contribution >= 4 is 17.9 Å². The van der Waals surface area contributed by atoms with Crippen LogP contribution in [0.25, 0.3) is 6.08 Å². The third-order valence-electron chi connectivity index (χ3n) is 3.65. The molecule has 3 rings (SSSR count). The molecule has 0 N–H and O–H groups in total. The van der Waals surface area contributed by atoms with Crippen LogP contribution in [-0.4, -0.2) is 33.2 Å². The van der Waals surface area contributed by atoms with E-state index < -0.39 is 5.97 Å². The van der Waals surface area contributed by atoms with Gasteiger partial charge >= 0.3 is 5.97 Å². The molecule has 0 amide bonds. The van der Waals surface area contributed by atoms with Crippen LogP contribution in [0.15, 0.2) is 53.2 Å². The Kier molecular flexibility index (Phi) is 4.70. The number of methoxy groups -OCH3 is 3. The van der Waals surface area contributed by atoms with Gasteiger partial charge in [-0.2, -0.15) is 0 Å². The van der Waals surface area contributed by atoms with Gasteiger partial charge in [-0.05, 0) is 24.3 Å². The Balaban J connectivity index is 1.99. The van der Waals surface area contributed by atoms with Crippen molar-refractivity contribution in [3.63, 3.8) is 0 Å². The average Bonchev–Trinajstić information content (AvgIpc) is 3.02. The smallest absolute Gasteiger partial charge is 0.363 e. The van der Waals surface area contributed by atoms with Gasteiger partial charge in [0.25, 0.3) is 0 Å². The van der Waals surface area contributed by atoms with E-state index >= 15 is 0 Å². The molecule has 1 heterocycles. The zero-order valence-electron chi connectivity index (χ0n) is 14.1. The molecule has 0 aromatic heterocycles. The van der Waals surface area contributed by atoms with Crippen LogP contribution >= 0.6 is 0 Å². The highest BCUT2D eigenvalue weighted by Crippen LogP contribution is 2.27. The van der Waals surface area contributed by atoms with Gasteiger partial charge in [-0.15, -0.1) is 0 Å². The Morgan fingerprint density at radius 2 is 1.64 bits per heavy atom. The van der Waals surface area contributed by atoms with Crippen molar-refractivity contribution in [1.82, 2.24) is 0 Å². The van der Waals surface area contributed by atoms with Crippen LogP contribution in [-0.2, 0) is 9.53 Å². The van der Waals surface area contributed by atoms with Gasteiger partial charge in [0.05, 0.1) is 21.3 Å². The normalized spacial score (nSPS) is 14.9. The summed E-state index contributed by atoms with van der Waals surface area (Å²) in [5, 5.41) is 0. The summed E-state index contributed by atoms with van der Waals surface area (Å²) >= 11 is 0. The van der Waals surface area contributed by atoms with Crippen LogP contribution in [0.1, 0.15) is 11.1 Å². The molecule has 1 aliphatic rings. The van der Waals surface area contributed by atoms with E-state index in [1.165, 1.54) is 0 Å². The first-order valence-electron chi connectivity index (χ1n) is 7.53. The standard InChI is InChI=1S/C19H17NO5/c1-22-14-8-13(9-15(11-14)23-2)18-20-16(19(21)25-18)10-12-6-4-5-7-17(12)24-3/h4-11H,1-3H3/b16-10-. The Labute approximate surface area is 145 Å². The molecule has 2 aromatic rings. The number of rotatable bonds is 5. The maximum atomic E-state index is 12.2. The highest BCUT2D eigenvalue weighted by atomic mass is 16.6. The number of benzene rings is 2. The van der Waals surface area contributed by atoms with Gasteiger partial charge in [-0.25, -0.2) is 9.79 Å². The van der Waals surface area contributed by atoms with Gasteiger partial charge in [0.2, 0.25) is 5.90 Å². The number of hydrogen-bond donors (Lipinski definition) is 0. The molecule has 2 aromatic carbocycles. The first-order valence-corrected chi connectivity index (χ1v) is 7.53. The number of carbonyl (C=O) groups excluding carboxylic acids is 1. The summed E-state index contributed by atoms with van der Waals surface area (Å²) in [6, 6.07) is 12.5. The molecule has 0 radical (unpaired) electrons. The highest BCUT2D eigenvalue weighted by molar-refractivity contribution is 6.13. The van der Waals surface area contributed by atoms with Gasteiger partial charge < -0.3 is 18.9 Å². The first-order chi connectivity index (χ1) is 12.1. The van der Waals surface area contributed by atoms with Crippen LogP contribution in [0.3, 0.4) is 0 Å². The lowest BCUT2D eigenvalue weighted by molar-refractivity contribution is -0.129. The second kappa shape index (κ2) is 7.09. The predicted molar refractivity (Wildman–Crippen MR) is 93.1 cm³/mol. The number of ether oxygens (including phenoxy) is 4. The average molecular weight is 339 g/mol. The SMILES string of the molecule is COc1cc(OC)cc(C2=N/C(=C\c3ccccc3OC)C(=O)O2)c1. The number of cyclic esters (lactones) is 1. The first kappa shape index (κ1) is 16.6. The van der Waals surface area contributed by atoms with Crippen LogP contribution < -0.4 is 14.2 Å². The van der Waals surface area contributed by atoms with Crippen molar-refractivity contribution in [3.8, 4) is 17.2 Å². The number of aliphatic imine (C=N–C) groups is 1. The van der Waals surface area contributed by atoms with Crippen LogP contribution in [0.2, 0.25) is 0 Å². The van der Waals surface area contributed by atoms with Crippen molar-refractivity contribution in [2.45, 2.75) is 0 Å². The maximum Gasteiger partial charge on any atom is 0.363 e. The Morgan fingerprint density at radius 3 is 2.28 bits per heavy atom. The molecule has 0 spiro atoms. The fraction of sp³-hybridized carbons (Fsp3) is 0.158. The van der Waals surface area contributed by atoms with E-state index in [0.29, 0.717) is 22.8 Å². The summed E-state index contributed by atoms with van der Waals surface area (Å²) in [6.45, 7) is 0. The van der Waals surface area contributed by atoms with Crippen molar-refractivity contribution < 1.29 is 23.7 Å². The second-order valence-corrected chi connectivity index (χ2v) is 5.18. The third-order valence-corrected chi connectivity index (χ3v) is 3.65. The maximum absolute atomic E-state index is 12.2. The van der Waals surface area contributed by atoms with E-state index in [1.54, 1.807) is 45.6 Å². The Morgan fingerprint density at radius 1 is 0.960 bits per heavy atom. The van der Waals surface area contributed by atoms with Crippen molar-refractivity contribution in [2.24, 2.45) is 4.99 Å². The van der Waals surface area contributed by atoms with Gasteiger partial charge in [0, 0.05) is 17.2 Å². The van der Waals surface area contributed by atoms with Crippen molar-refractivity contribution in [1.29, 1.82) is 0 Å². The van der Waals surface area contributed by atoms with Gasteiger partial charge in [-0.3, -0.25) is 0 Å². The molecule has 6 nitrogen and oxygen atoms in total. The monoisotopic (exact) mass is 339 g/mol. The lowest BCUT2D eigenvalue weighted by Crippen LogP contribution is -2.06. The molecular formula is C19H17NO5. The summed E-state index contributed by atoms with van der Waals surface area (Å²) in [5.41, 5.74) is 1.53. The Bertz CT molecular complexity index is 848. The zero-order chi connectivity index (χ0) is 17.8. The van der Waals surface area contributed by atoms with Crippen molar-refractivity contribution in [3.05, 3.63) is 59.3 Å². The minimum absolute atomic E-state index is 0.196. The molecule has 6 heteroatoms. The molecule has 0 unspecified atom stereocenters. The van der Waals surface area contributed by atoms with E-state index in [-0.39, 0.29) is 11.6 Å². The van der Waals surface area contributed by atoms with Gasteiger partial charge in [0.1, 0.15) is 17.2 Å². The van der Waals surface area contributed by atoms with E-state index in [0.717, 1.165) is 5.56 Å². The van der Waals surface area contributed by atoms with E-state index in [9.17, 15) is 4.79 Å². The number of nitrogens with zero attached hydrogens (tertiary/aromatic N) is 1. The van der Waals surface area contributed by atoms with Crippen molar-refractivity contribution in [2.75, 3.05) is 21.3 Å². The number of para-hydroxylation sites is 1. The lowest BCUT2D eigenvalue weighted by atomic mass is 10.1. The number of esters is 1. The summed E-state index contributed by atoms with van der Waals surface area (Å²) in [7, 11) is 4.67. The largest absolute Gasteiger partial charge is 0.497 e. The fourth-order valence-electron chi connectivity index (χ4n) is 2.40. The predicted octanol–water partition coefficient (Wildman–Crippen LogP) is 3.06. The fourth-order valence-corrected chi connectivity index (χ4v) is 2.40. The molecule has 0 aliphatic carbocycles. The van der Waals surface area contributed by atoms with Gasteiger partial charge in [-0.1, -0.05) is 18.2 Å². The molecular weight excluding hydrogens is 322 g/mol. The van der Waals surface area contributed by atoms with Crippen LogP contribution in [0, 0.1) is 0 Å². The van der Waals surface area contributed by atoms with Crippen LogP contribution in [0.5, 0.6) is 17.2 Å². The molecule has 0 bridgehead atoms. The zero-order valence-corrected chi connectivity index (χ0v) is 14.1. The van der Waals surface area contributed by atoms with E-state index in [4.69, 9.17) is 18.9 Å². The summed E-state index contributed by atoms with van der Waals surface area (Å²) in [5.74, 6) is 1.48. The number of carbonyl (C=O) groups is 1. The topological polar surface area (TPSA) is 66.3 Å². The second-order valence-electron chi connectivity index (χ2n) is 5.18. The minimum atomic E-state index is -0.525. The minimum Gasteiger partial charge on any atom is -0.497 e. The molecule has 25 heavy (non-hydrogen) atoms. The molecule has 0 saturated carbocycles. The highest BCUT2D eigenvalue weighted by Gasteiger charge is 2.25. The molecule has 1 aliphatic heterocycles. The quantitative estimate of drug-likeness (QED) is 0.619. The number of hydrogen-bond acceptors (Lipinski definition) is 6. The van der Waals surface area contributed by atoms with Crippen LogP contribution in [0.4, 0.5) is 0 Å². The third kappa shape index (κ3) is 3.47. The summed E-state index contributed by atoms with van der Waals surface area (Å²) in [4.78, 5) is 16.5. The lowest BCUT2D eigenvalue weighted by Gasteiger charge is -2.07. The summed E-state index contributed by atoms with van der Waals surface area (Å²) in [6.07, 6.45) is 1.63.